The predicted molar refractivity (Wildman–Crippen MR) is 123 cm³/mol. The number of ether oxygens (including phenoxy) is 1. The fourth-order valence-corrected chi connectivity index (χ4v) is 5.76. The van der Waals surface area contributed by atoms with Gasteiger partial charge in [-0.3, -0.25) is 9.58 Å². The van der Waals surface area contributed by atoms with E-state index in [0.29, 0.717) is 43.1 Å². The molecule has 0 spiro atoms. The molecule has 0 unspecified atom stereocenters. The summed E-state index contributed by atoms with van der Waals surface area (Å²) in [6.07, 6.45) is 3.70. The molecule has 0 aromatic carbocycles. The van der Waals surface area contributed by atoms with Crippen LogP contribution in [0.5, 0.6) is 6.01 Å². The third kappa shape index (κ3) is 3.61. The van der Waals surface area contributed by atoms with Crippen molar-refractivity contribution in [1.82, 2.24) is 29.6 Å². The van der Waals surface area contributed by atoms with E-state index in [1.807, 2.05) is 15.6 Å². The zero-order valence-corrected chi connectivity index (χ0v) is 19.3. The maximum absolute atomic E-state index is 15.0. The lowest BCUT2D eigenvalue weighted by atomic mass is 9.95. The second kappa shape index (κ2) is 8.16. The zero-order valence-electron chi connectivity index (χ0n) is 18.6. The molecule has 0 saturated carbocycles. The van der Waals surface area contributed by atoms with Crippen molar-refractivity contribution >= 4 is 34.1 Å². The van der Waals surface area contributed by atoms with Gasteiger partial charge in [-0.05, 0) is 25.8 Å². The number of aryl methyl sites for hydroxylation is 1. The average Bonchev–Trinajstić information content (AvgIpc) is 3.40. The van der Waals surface area contributed by atoms with Gasteiger partial charge in [-0.1, -0.05) is 11.6 Å². The number of pyridine rings is 1. The lowest BCUT2D eigenvalue weighted by Crippen LogP contribution is -2.43. The molecule has 3 aliphatic rings. The third-order valence-electron chi connectivity index (χ3n) is 7.16. The number of nitrogens with zero attached hydrogens (tertiary/aromatic N) is 7. The fraction of sp³-hybridized carbons (Fsp3) is 0.545. The van der Waals surface area contributed by atoms with Crippen molar-refractivity contribution in [2.24, 2.45) is 0 Å². The van der Waals surface area contributed by atoms with Crippen LogP contribution in [0, 0.1) is 5.82 Å². The van der Waals surface area contributed by atoms with Crippen LogP contribution in [0.4, 0.5) is 20.4 Å². The summed E-state index contributed by atoms with van der Waals surface area (Å²) in [4.78, 5) is 17.2. The summed E-state index contributed by atoms with van der Waals surface area (Å²) in [5.41, 5.74) is 6.52. The van der Waals surface area contributed by atoms with Crippen LogP contribution in [-0.4, -0.2) is 67.6 Å². The van der Waals surface area contributed by atoms with E-state index in [9.17, 15) is 4.39 Å². The first-order valence-electron chi connectivity index (χ1n) is 11.5. The highest BCUT2D eigenvalue weighted by Crippen LogP contribution is 2.40. The van der Waals surface area contributed by atoms with Crippen LogP contribution >= 0.6 is 11.6 Å². The van der Waals surface area contributed by atoms with Crippen molar-refractivity contribution in [3.8, 4) is 6.01 Å². The monoisotopic (exact) mass is 490 g/mol. The molecule has 0 bridgehead atoms. The molecule has 3 aliphatic heterocycles. The van der Waals surface area contributed by atoms with E-state index in [1.165, 1.54) is 6.20 Å². The molecule has 9 nitrogen and oxygen atoms in total. The summed E-state index contributed by atoms with van der Waals surface area (Å²) in [6, 6.07) is 1.88. The van der Waals surface area contributed by atoms with E-state index in [-0.39, 0.29) is 28.8 Å². The summed E-state index contributed by atoms with van der Waals surface area (Å²) in [7, 11) is 0. The molecule has 6 rings (SSSR count). The second-order valence-corrected chi connectivity index (χ2v) is 9.74. The fourth-order valence-electron chi connectivity index (χ4n) is 5.62. The Labute approximate surface area is 199 Å². The molecule has 180 valence electrons. The Bertz CT molecular complexity index is 1260. The molecule has 3 aromatic rings. The summed E-state index contributed by atoms with van der Waals surface area (Å²) < 4.78 is 37.1. The van der Waals surface area contributed by atoms with Gasteiger partial charge in [0.05, 0.1) is 23.2 Å². The first-order chi connectivity index (χ1) is 16.4. The number of fused-ring (bicyclic) bond motifs is 3. The van der Waals surface area contributed by atoms with E-state index in [0.717, 1.165) is 38.0 Å². The molecular formula is C22H25ClF2N8O. The van der Waals surface area contributed by atoms with Gasteiger partial charge in [0.15, 0.2) is 11.0 Å². The lowest BCUT2D eigenvalue weighted by molar-refractivity contribution is 0.107. The van der Waals surface area contributed by atoms with Crippen LogP contribution in [0.25, 0.3) is 10.9 Å². The number of hydrogen-bond donors (Lipinski definition) is 1. The minimum atomic E-state index is -0.867. The van der Waals surface area contributed by atoms with Gasteiger partial charge in [0.1, 0.15) is 29.9 Å². The van der Waals surface area contributed by atoms with Crippen LogP contribution in [-0.2, 0) is 13.1 Å². The average molecular weight is 491 g/mol. The number of rotatable bonds is 4. The van der Waals surface area contributed by atoms with E-state index in [2.05, 4.69) is 25.0 Å². The Hall–Kier alpha value is -2.79. The molecule has 0 aliphatic carbocycles. The molecule has 34 heavy (non-hydrogen) atoms. The zero-order chi connectivity index (χ0) is 23.4. The Kier molecular flexibility index (Phi) is 5.21. The maximum atomic E-state index is 15.0. The predicted octanol–water partition coefficient (Wildman–Crippen LogP) is 2.96. The summed E-state index contributed by atoms with van der Waals surface area (Å²) in [5, 5.41) is 4.52. The number of aromatic nitrogens is 5. The number of halogens is 3. The highest BCUT2D eigenvalue weighted by Gasteiger charge is 2.49. The van der Waals surface area contributed by atoms with Crippen molar-refractivity contribution in [3.05, 3.63) is 28.9 Å². The molecule has 12 heteroatoms. The maximum Gasteiger partial charge on any atom is 0.319 e. The summed E-state index contributed by atoms with van der Waals surface area (Å²) in [5.74, 6) is 0.241. The van der Waals surface area contributed by atoms with Gasteiger partial charge >= 0.3 is 6.01 Å². The van der Waals surface area contributed by atoms with E-state index in [1.54, 1.807) is 0 Å². The van der Waals surface area contributed by atoms with Gasteiger partial charge in [-0.2, -0.15) is 15.1 Å². The molecule has 3 aromatic heterocycles. The first kappa shape index (κ1) is 21.7. The molecule has 2 saturated heterocycles. The van der Waals surface area contributed by atoms with Gasteiger partial charge in [0, 0.05) is 38.3 Å². The molecule has 2 fully saturated rings. The minimum absolute atomic E-state index is 0.0458. The molecule has 2 N–H and O–H groups in total. The van der Waals surface area contributed by atoms with Crippen molar-refractivity contribution < 1.29 is 13.5 Å². The van der Waals surface area contributed by atoms with Crippen molar-refractivity contribution in [1.29, 1.82) is 0 Å². The lowest BCUT2D eigenvalue weighted by Gasteiger charge is -2.31. The number of alkyl halides is 1. The molecule has 2 atom stereocenters. The Balaban J connectivity index is 1.37. The van der Waals surface area contributed by atoms with E-state index in [4.69, 9.17) is 22.1 Å². The topological polar surface area (TPSA) is 98.2 Å². The van der Waals surface area contributed by atoms with Crippen LogP contribution < -0.4 is 15.4 Å². The SMILES string of the molecule is Nc1cc2n(n1)CCCN(c1nc(OC[C@@]34CCCN3C[C@H](F)C4)nc3c(F)c(Cl)ncc13)C2. The largest absolute Gasteiger partial charge is 0.461 e. The Morgan fingerprint density at radius 3 is 3.00 bits per heavy atom. The normalized spacial score (nSPS) is 24.9. The molecular weight excluding hydrogens is 466 g/mol. The van der Waals surface area contributed by atoms with Gasteiger partial charge in [-0.25, -0.2) is 13.8 Å². The standard InChI is InChI=1S/C22H25ClF2N8O/c23-19-17(25)18-15(9-27-19)20(31-4-2-6-33-14(11-31)7-16(26)30-33)29-21(28-18)34-12-22-3-1-5-32(22)10-13(24)8-22/h7,9,13H,1-6,8,10-12H2,(H2,26,30)/t13-,22+/m1/s1. The smallest absolute Gasteiger partial charge is 0.319 e. The van der Waals surface area contributed by atoms with Gasteiger partial charge in [-0.15, -0.1) is 0 Å². The quantitative estimate of drug-likeness (QED) is 0.557. The number of nitrogen functional groups attached to an aromatic ring is 1. The second-order valence-electron chi connectivity index (χ2n) is 9.38. The van der Waals surface area contributed by atoms with Crippen LogP contribution in [0.15, 0.2) is 12.3 Å². The molecule has 0 radical (unpaired) electrons. The third-order valence-corrected chi connectivity index (χ3v) is 7.43. The molecule has 0 amide bonds. The van der Waals surface area contributed by atoms with Crippen molar-refractivity contribution in [2.75, 3.05) is 36.9 Å². The van der Waals surface area contributed by atoms with E-state index < -0.39 is 12.0 Å². The Morgan fingerprint density at radius 1 is 1.24 bits per heavy atom. The van der Waals surface area contributed by atoms with E-state index >= 15 is 4.39 Å². The van der Waals surface area contributed by atoms with Crippen LogP contribution in [0.2, 0.25) is 5.15 Å². The summed E-state index contributed by atoms with van der Waals surface area (Å²) in [6.45, 7) is 3.40. The highest BCUT2D eigenvalue weighted by molar-refractivity contribution is 6.30. The van der Waals surface area contributed by atoms with Crippen molar-refractivity contribution in [2.45, 2.75) is 50.5 Å². The van der Waals surface area contributed by atoms with Gasteiger partial charge in [0.25, 0.3) is 0 Å². The summed E-state index contributed by atoms with van der Waals surface area (Å²) >= 11 is 5.97. The van der Waals surface area contributed by atoms with Crippen LogP contribution in [0.1, 0.15) is 31.4 Å². The van der Waals surface area contributed by atoms with Crippen LogP contribution in [0.3, 0.4) is 0 Å². The van der Waals surface area contributed by atoms with Gasteiger partial charge in [0.2, 0.25) is 0 Å². The molecule has 6 heterocycles. The Morgan fingerprint density at radius 2 is 2.12 bits per heavy atom. The highest BCUT2D eigenvalue weighted by atomic mass is 35.5. The van der Waals surface area contributed by atoms with Crippen molar-refractivity contribution in [3.63, 3.8) is 0 Å². The first-order valence-corrected chi connectivity index (χ1v) is 11.9. The number of anilines is 2. The number of nitrogens with two attached hydrogens (primary N) is 1. The minimum Gasteiger partial charge on any atom is -0.461 e. The number of hydrogen-bond acceptors (Lipinski definition) is 8. The van der Waals surface area contributed by atoms with Gasteiger partial charge < -0.3 is 15.4 Å².